The minimum Gasteiger partial charge on any atom is -0.462 e. The molecule has 4 atom stereocenters. The molecule has 0 heterocycles. The maximum Gasteiger partial charge on any atom is 0.472 e. The Kier molecular flexibility index (Phi) is 36.4. The summed E-state index contributed by atoms with van der Waals surface area (Å²) in [6.07, 6.45) is 33.0. The molecule has 0 aromatic carbocycles. The molecule has 0 amide bonds. The lowest BCUT2D eigenvalue weighted by Gasteiger charge is -2.20. The molecule has 0 radical (unpaired) electrons. The summed E-state index contributed by atoms with van der Waals surface area (Å²) in [4.78, 5) is 35.0. The lowest BCUT2D eigenvalue weighted by Crippen LogP contribution is -2.29. The van der Waals surface area contributed by atoms with Gasteiger partial charge in [-0.1, -0.05) is 160 Å². The number of esters is 2. The van der Waals surface area contributed by atoms with Crippen molar-refractivity contribution in [3.8, 4) is 0 Å². The van der Waals surface area contributed by atoms with Crippen molar-refractivity contribution in [3.05, 3.63) is 36.5 Å². The van der Waals surface area contributed by atoms with Gasteiger partial charge in [0.1, 0.15) is 12.7 Å². The summed E-state index contributed by atoms with van der Waals surface area (Å²) < 4.78 is 32.7. The van der Waals surface area contributed by atoms with Gasteiger partial charge in [-0.05, 0) is 44.4 Å². The van der Waals surface area contributed by atoms with Crippen LogP contribution in [0.25, 0.3) is 0 Å². The highest BCUT2D eigenvalue weighted by Gasteiger charge is 2.27. The zero-order valence-corrected chi connectivity index (χ0v) is 35.6. The predicted octanol–water partition coefficient (Wildman–Crippen LogP) is 10.00. The molecule has 0 aromatic rings. The minimum absolute atomic E-state index is 0.171. The number of aliphatic hydroxyl groups excluding tert-OH is 3. The number of hydrogen-bond donors (Lipinski definition) is 4. The molecular formula is C43H79O11P. The standard InChI is InChI=1S/C43H79O11P/c1-4-5-24-30-39(45)31-26-21-17-13-11-15-18-22-27-32-42(47)51-36-41(37-53-55(49,50)52-35-40(46)34-44)54-43(48)33-28-23-19-14-10-8-6-7-9-12-16-20-25-29-38(2)3/h5,17,21,24,26,31,38-41,44-46H,4,6-16,18-20,22-23,25,27-30,32-37H2,1-3H3,(H,49,50)/b21-17+,24-5+,31-26+/t39?,40-,41+/m0/s1. The first-order chi connectivity index (χ1) is 26.5. The van der Waals surface area contributed by atoms with E-state index in [1.54, 1.807) is 6.08 Å². The second kappa shape index (κ2) is 37.7. The van der Waals surface area contributed by atoms with Gasteiger partial charge in [-0.15, -0.1) is 0 Å². The Morgan fingerprint density at radius 2 is 1.18 bits per heavy atom. The molecule has 0 aliphatic carbocycles. The van der Waals surface area contributed by atoms with E-state index >= 15 is 0 Å². The third-order valence-corrected chi connectivity index (χ3v) is 10.0. The van der Waals surface area contributed by atoms with Gasteiger partial charge < -0.3 is 29.7 Å². The predicted molar refractivity (Wildman–Crippen MR) is 220 cm³/mol. The van der Waals surface area contributed by atoms with Crippen molar-refractivity contribution in [1.82, 2.24) is 0 Å². The van der Waals surface area contributed by atoms with Crippen LogP contribution in [0.5, 0.6) is 0 Å². The van der Waals surface area contributed by atoms with Gasteiger partial charge in [-0.3, -0.25) is 18.6 Å². The van der Waals surface area contributed by atoms with Gasteiger partial charge in [0.05, 0.1) is 25.9 Å². The summed E-state index contributed by atoms with van der Waals surface area (Å²) in [6.45, 7) is 4.46. The number of hydrogen-bond acceptors (Lipinski definition) is 10. The number of unbranched alkanes of at least 4 members (excludes halogenated alkanes) is 17. The van der Waals surface area contributed by atoms with E-state index in [9.17, 15) is 29.3 Å². The summed E-state index contributed by atoms with van der Waals surface area (Å²) >= 11 is 0. The number of carbonyl (C=O) groups excluding carboxylic acids is 2. The Morgan fingerprint density at radius 1 is 0.655 bits per heavy atom. The third kappa shape index (κ3) is 38.8. The quantitative estimate of drug-likeness (QED) is 0.0153. The summed E-state index contributed by atoms with van der Waals surface area (Å²) in [5, 5.41) is 28.2. The smallest absolute Gasteiger partial charge is 0.462 e. The molecule has 0 bridgehead atoms. The normalized spacial score (nSPS) is 14.9. The molecule has 0 saturated carbocycles. The Labute approximate surface area is 334 Å². The van der Waals surface area contributed by atoms with Crippen molar-refractivity contribution < 1.29 is 52.9 Å². The average molecular weight is 803 g/mol. The van der Waals surface area contributed by atoms with E-state index in [1.807, 2.05) is 24.3 Å². The van der Waals surface area contributed by atoms with E-state index < -0.39 is 57.9 Å². The van der Waals surface area contributed by atoms with Crippen molar-refractivity contribution in [2.45, 2.75) is 193 Å². The Hall–Kier alpha value is -1.85. The summed E-state index contributed by atoms with van der Waals surface area (Å²) in [7, 11) is -4.63. The second-order valence-corrected chi connectivity index (χ2v) is 16.5. The van der Waals surface area contributed by atoms with E-state index in [2.05, 4.69) is 31.4 Å². The molecule has 4 N–H and O–H groups in total. The topological polar surface area (TPSA) is 169 Å². The van der Waals surface area contributed by atoms with Gasteiger partial charge in [0.25, 0.3) is 0 Å². The summed E-state index contributed by atoms with van der Waals surface area (Å²) in [5.41, 5.74) is 0. The van der Waals surface area contributed by atoms with E-state index in [0.717, 1.165) is 63.7 Å². The number of phosphoric ester groups is 1. The van der Waals surface area contributed by atoms with Crippen LogP contribution in [0.2, 0.25) is 0 Å². The van der Waals surface area contributed by atoms with E-state index in [0.29, 0.717) is 19.3 Å². The molecule has 0 aliphatic rings. The lowest BCUT2D eigenvalue weighted by atomic mass is 10.0. The summed E-state index contributed by atoms with van der Waals surface area (Å²) in [5.74, 6) is -0.167. The number of carbonyl (C=O) groups is 2. The molecule has 11 nitrogen and oxygen atoms in total. The maximum absolute atomic E-state index is 12.6. The van der Waals surface area contributed by atoms with Crippen molar-refractivity contribution in [1.29, 1.82) is 0 Å². The monoisotopic (exact) mass is 803 g/mol. The van der Waals surface area contributed by atoms with Crippen LogP contribution in [-0.2, 0) is 32.7 Å². The molecule has 0 aliphatic heterocycles. The molecule has 0 fully saturated rings. The Morgan fingerprint density at radius 3 is 1.75 bits per heavy atom. The molecule has 322 valence electrons. The van der Waals surface area contributed by atoms with E-state index in [4.69, 9.17) is 19.1 Å². The molecule has 2 unspecified atom stereocenters. The highest BCUT2D eigenvalue weighted by molar-refractivity contribution is 7.47. The molecule has 12 heteroatoms. The second-order valence-electron chi connectivity index (χ2n) is 15.0. The third-order valence-electron chi connectivity index (χ3n) is 9.07. The molecule has 0 spiro atoms. The van der Waals surface area contributed by atoms with Crippen LogP contribution in [-0.4, -0.2) is 76.9 Å². The van der Waals surface area contributed by atoms with Crippen molar-refractivity contribution in [2.75, 3.05) is 26.4 Å². The Bertz CT molecular complexity index is 1050. The van der Waals surface area contributed by atoms with Gasteiger partial charge in [-0.2, -0.15) is 0 Å². The molecule has 0 saturated heterocycles. The number of rotatable bonds is 39. The molecule has 55 heavy (non-hydrogen) atoms. The van der Waals surface area contributed by atoms with Crippen molar-refractivity contribution >= 4 is 19.8 Å². The van der Waals surface area contributed by atoms with Gasteiger partial charge in [0.15, 0.2) is 6.10 Å². The van der Waals surface area contributed by atoms with Crippen LogP contribution in [0.3, 0.4) is 0 Å². The number of phosphoric acid groups is 1. The fourth-order valence-electron chi connectivity index (χ4n) is 5.74. The van der Waals surface area contributed by atoms with Crippen molar-refractivity contribution in [2.24, 2.45) is 5.92 Å². The number of ether oxygens (including phenoxy) is 2. The highest BCUT2D eigenvalue weighted by atomic mass is 31.2. The molecule has 0 rings (SSSR count). The Balaban J connectivity index is 4.35. The van der Waals surface area contributed by atoms with Crippen LogP contribution in [0.4, 0.5) is 0 Å². The number of aliphatic hydroxyl groups is 3. The molecule has 0 aromatic heterocycles. The fourth-order valence-corrected chi connectivity index (χ4v) is 6.53. The largest absolute Gasteiger partial charge is 0.472 e. The van der Waals surface area contributed by atoms with E-state index in [1.165, 1.54) is 64.2 Å². The SMILES string of the molecule is CC/C=C/CC(O)/C=C/C=C/CCCCCCCC(=O)OC[C@H](COP(=O)(O)OC[C@@H](O)CO)OC(=O)CCCCCCCCCCCCCCCC(C)C. The van der Waals surface area contributed by atoms with Gasteiger partial charge in [0, 0.05) is 12.8 Å². The van der Waals surface area contributed by atoms with Gasteiger partial charge in [-0.25, -0.2) is 4.57 Å². The van der Waals surface area contributed by atoms with Crippen LogP contribution >= 0.6 is 7.82 Å². The average Bonchev–Trinajstić information content (AvgIpc) is 3.15. The van der Waals surface area contributed by atoms with Gasteiger partial charge in [0.2, 0.25) is 0 Å². The van der Waals surface area contributed by atoms with Crippen LogP contribution in [0.1, 0.15) is 175 Å². The van der Waals surface area contributed by atoms with Gasteiger partial charge >= 0.3 is 19.8 Å². The molecular weight excluding hydrogens is 723 g/mol. The van der Waals surface area contributed by atoms with E-state index in [-0.39, 0.29) is 19.4 Å². The first kappa shape index (κ1) is 53.1. The summed E-state index contributed by atoms with van der Waals surface area (Å²) in [6, 6.07) is 0. The zero-order valence-electron chi connectivity index (χ0n) is 34.7. The van der Waals surface area contributed by atoms with Crippen LogP contribution in [0.15, 0.2) is 36.5 Å². The first-order valence-electron chi connectivity index (χ1n) is 21.4. The highest BCUT2D eigenvalue weighted by Crippen LogP contribution is 2.43. The number of allylic oxidation sites excluding steroid dienone is 4. The van der Waals surface area contributed by atoms with Crippen molar-refractivity contribution in [3.63, 3.8) is 0 Å². The maximum atomic E-state index is 12.6. The van der Waals surface area contributed by atoms with Crippen LogP contribution < -0.4 is 0 Å². The minimum atomic E-state index is -4.63. The fraction of sp³-hybridized carbons (Fsp3) is 0.814. The first-order valence-corrected chi connectivity index (χ1v) is 22.9. The zero-order chi connectivity index (χ0) is 40.8. The lowest BCUT2D eigenvalue weighted by molar-refractivity contribution is -0.161. The van der Waals surface area contributed by atoms with Crippen LogP contribution in [0, 0.1) is 5.92 Å².